The van der Waals surface area contributed by atoms with Crippen molar-refractivity contribution in [3.05, 3.63) is 0 Å². The Balaban J connectivity index is -0.0000000720. The van der Waals surface area contributed by atoms with Crippen molar-refractivity contribution in [2.45, 2.75) is 18.4 Å². The van der Waals surface area contributed by atoms with Crippen LogP contribution in [0.4, 0.5) is 0 Å². The Kier molecular flexibility index (Phi) is 19.9. The summed E-state index contributed by atoms with van der Waals surface area (Å²) in [6.07, 6.45) is -2.29. The molecular weight excluding hydrogens is 298 g/mol. The Bertz CT molecular complexity index is 250. The molecule has 0 aliphatic heterocycles. The van der Waals surface area contributed by atoms with Crippen molar-refractivity contribution in [3.63, 3.8) is 0 Å². The van der Waals surface area contributed by atoms with Crippen molar-refractivity contribution < 1.29 is 140 Å². The van der Waals surface area contributed by atoms with Crippen LogP contribution in [-0.4, -0.2) is 43.9 Å². The van der Waals surface area contributed by atoms with Gasteiger partial charge >= 0.3 is 121 Å². The van der Waals surface area contributed by atoms with Gasteiger partial charge in [0.1, 0.15) is 0 Å². The summed E-state index contributed by atoms with van der Waals surface area (Å²) < 4.78 is 0. The average Bonchev–Trinajstić information content (AvgIpc) is 1.82. The van der Waals surface area contributed by atoms with Crippen LogP contribution >= 0.6 is 12.4 Å². The molecule has 0 aromatic carbocycles. The third-order valence-corrected chi connectivity index (χ3v) is 1.29. The SMILES string of the molecule is Cl.O=C(O)CC(O)(CC(=O)O)C(=O)O.[H-].[H-].[K+].[K+]. The standard InChI is InChI=1S/C6H8O7.ClH.2K.2H/c7-3(8)1-6(13,5(11)12)2-4(9)10;;;;;/h13H,1-2H2,(H,7,8)(H,9,10)(H,11,12);1H;;;;/q;;2*+1;2*-1. The number of hydrogen-bond donors (Lipinski definition) is 4. The summed E-state index contributed by atoms with van der Waals surface area (Å²) in [5.41, 5.74) is -2.74. The summed E-state index contributed by atoms with van der Waals surface area (Å²) >= 11 is 0. The van der Waals surface area contributed by atoms with Gasteiger partial charge < -0.3 is 23.3 Å². The average molecular weight is 309 g/mol. The molecule has 0 heterocycles. The molecule has 0 spiro atoms. The number of carboxylic acid groups (broad SMARTS) is 3. The van der Waals surface area contributed by atoms with E-state index in [0.717, 1.165) is 0 Å². The summed E-state index contributed by atoms with van der Waals surface area (Å²) in [4.78, 5) is 30.5. The smallest absolute Gasteiger partial charge is 1.00 e. The minimum atomic E-state index is -2.74. The largest absolute Gasteiger partial charge is 1.00 e. The van der Waals surface area contributed by atoms with Crippen LogP contribution in [0.5, 0.6) is 0 Å². The van der Waals surface area contributed by atoms with Gasteiger partial charge in [-0.3, -0.25) is 9.59 Å². The van der Waals surface area contributed by atoms with Gasteiger partial charge in [0.2, 0.25) is 0 Å². The maximum atomic E-state index is 10.3. The summed E-state index contributed by atoms with van der Waals surface area (Å²) in [6, 6.07) is 0. The Morgan fingerprint density at radius 3 is 1.31 bits per heavy atom. The number of rotatable bonds is 5. The van der Waals surface area contributed by atoms with Gasteiger partial charge in [-0.05, 0) is 0 Å². The number of carboxylic acids is 3. The molecule has 0 bridgehead atoms. The zero-order chi connectivity index (χ0) is 10.6. The van der Waals surface area contributed by atoms with E-state index in [4.69, 9.17) is 20.4 Å². The van der Waals surface area contributed by atoms with Gasteiger partial charge in [-0.15, -0.1) is 12.4 Å². The molecule has 0 fully saturated rings. The fraction of sp³-hybridized carbons (Fsp3) is 0.500. The summed E-state index contributed by atoms with van der Waals surface area (Å²) in [7, 11) is 0. The molecule has 0 saturated heterocycles. The van der Waals surface area contributed by atoms with Crippen LogP contribution in [0.1, 0.15) is 15.7 Å². The predicted octanol–water partition coefficient (Wildman–Crippen LogP) is -6.59. The fourth-order valence-corrected chi connectivity index (χ4v) is 0.714. The van der Waals surface area contributed by atoms with E-state index in [2.05, 4.69) is 0 Å². The van der Waals surface area contributed by atoms with Crippen LogP contribution in [0, 0.1) is 0 Å². The van der Waals surface area contributed by atoms with Gasteiger partial charge in [-0.25, -0.2) is 4.79 Å². The van der Waals surface area contributed by atoms with Gasteiger partial charge in [0.05, 0.1) is 12.8 Å². The van der Waals surface area contributed by atoms with E-state index in [1.807, 2.05) is 0 Å². The van der Waals surface area contributed by atoms with E-state index in [0.29, 0.717) is 0 Å². The summed E-state index contributed by atoms with van der Waals surface area (Å²) in [6.45, 7) is 0. The van der Waals surface area contributed by atoms with E-state index in [9.17, 15) is 14.4 Å². The molecule has 0 amide bonds. The molecule has 4 N–H and O–H groups in total. The van der Waals surface area contributed by atoms with E-state index < -0.39 is 36.4 Å². The minimum absolute atomic E-state index is 0. The molecule has 10 heteroatoms. The van der Waals surface area contributed by atoms with Crippen LogP contribution in [-0.2, 0) is 14.4 Å². The van der Waals surface area contributed by atoms with Crippen molar-refractivity contribution >= 4 is 30.3 Å². The predicted molar refractivity (Wildman–Crippen MR) is 46.6 cm³/mol. The van der Waals surface area contributed by atoms with Gasteiger partial charge in [0.25, 0.3) is 0 Å². The van der Waals surface area contributed by atoms with Gasteiger partial charge in [-0.2, -0.15) is 0 Å². The number of aliphatic carboxylic acids is 3. The molecule has 16 heavy (non-hydrogen) atoms. The molecule has 0 unspecified atom stereocenters. The molecule has 7 nitrogen and oxygen atoms in total. The van der Waals surface area contributed by atoms with Crippen LogP contribution in [0.2, 0.25) is 0 Å². The van der Waals surface area contributed by atoms with E-state index >= 15 is 0 Å². The third-order valence-electron chi connectivity index (χ3n) is 1.29. The molecule has 0 aliphatic carbocycles. The first-order chi connectivity index (χ1) is 5.78. The molecule has 0 aromatic heterocycles. The monoisotopic (exact) mass is 308 g/mol. The Labute approximate surface area is 185 Å². The normalized spacial score (nSPS) is 8.81. The molecule has 86 valence electrons. The molecular formula is C6H11ClK2O7. The maximum Gasteiger partial charge on any atom is 1.00 e. The second kappa shape index (κ2) is 12.0. The first-order valence-electron chi connectivity index (χ1n) is 3.17. The summed E-state index contributed by atoms with van der Waals surface area (Å²) in [5, 5.41) is 33.8. The van der Waals surface area contributed by atoms with Gasteiger partial charge in [0.15, 0.2) is 5.60 Å². The number of carbonyl (C=O) groups is 3. The maximum absolute atomic E-state index is 10.3. The van der Waals surface area contributed by atoms with Gasteiger partial charge in [0, 0.05) is 0 Å². The first-order valence-corrected chi connectivity index (χ1v) is 3.17. The van der Waals surface area contributed by atoms with Crippen molar-refractivity contribution in [2.75, 3.05) is 0 Å². The number of aliphatic hydroxyl groups is 1. The van der Waals surface area contributed by atoms with Crippen LogP contribution in [0.25, 0.3) is 0 Å². The molecule has 0 rings (SSSR count). The Morgan fingerprint density at radius 1 is 0.938 bits per heavy atom. The Morgan fingerprint density at radius 2 is 1.19 bits per heavy atom. The van der Waals surface area contributed by atoms with Crippen LogP contribution < -0.4 is 103 Å². The molecule has 0 saturated carbocycles. The molecule has 0 aromatic rings. The number of hydrogen-bond acceptors (Lipinski definition) is 4. The van der Waals surface area contributed by atoms with Crippen LogP contribution in [0.3, 0.4) is 0 Å². The topological polar surface area (TPSA) is 132 Å². The van der Waals surface area contributed by atoms with Crippen molar-refractivity contribution in [2.24, 2.45) is 0 Å². The van der Waals surface area contributed by atoms with Crippen molar-refractivity contribution in [3.8, 4) is 0 Å². The van der Waals surface area contributed by atoms with Crippen LogP contribution in [0.15, 0.2) is 0 Å². The zero-order valence-corrected chi connectivity index (χ0v) is 15.9. The van der Waals surface area contributed by atoms with Gasteiger partial charge in [-0.1, -0.05) is 0 Å². The quantitative estimate of drug-likeness (QED) is 0.371. The van der Waals surface area contributed by atoms with E-state index in [-0.39, 0.29) is 118 Å². The minimum Gasteiger partial charge on any atom is -1.00 e. The van der Waals surface area contributed by atoms with Crippen molar-refractivity contribution in [1.29, 1.82) is 0 Å². The summed E-state index contributed by atoms with van der Waals surface area (Å²) in [5.74, 6) is -5.02. The molecule has 0 radical (unpaired) electrons. The fourth-order valence-electron chi connectivity index (χ4n) is 0.714. The third kappa shape index (κ3) is 11.0. The zero-order valence-electron chi connectivity index (χ0n) is 10.8. The number of halogens is 1. The first kappa shape index (κ1) is 26.5. The second-order valence-corrected chi connectivity index (χ2v) is 2.48. The molecule has 0 atom stereocenters. The second-order valence-electron chi connectivity index (χ2n) is 2.48. The van der Waals surface area contributed by atoms with E-state index in [1.165, 1.54) is 0 Å². The van der Waals surface area contributed by atoms with Crippen molar-refractivity contribution in [1.82, 2.24) is 0 Å². The Hall–Kier alpha value is 1.93. The molecule has 0 aliphatic rings. The van der Waals surface area contributed by atoms with E-state index in [1.54, 1.807) is 0 Å².